The van der Waals surface area contributed by atoms with Crippen molar-refractivity contribution in [3.8, 4) is 22.3 Å². The Morgan fingerprint density at radius 1 is 0.489 bits per heavy atom. The van der Waals surface area contributed by atoms with Crippen LogP contribution in [0.4, 0.5) is 17.1 Å². The van der Waals surface area contributed by atoms with Gasteiger partial charge in [-0.3, -0.25) is 0 Å². The summed E-state index contributed by atoms with van der Waals surface area (Å²) in [6.07, 6.45) is 7.26. The molecule has 0 bridgehead atoms. The Hall–Kier alpha value is -4.66. The monoisotopic (exact) mass is 627 g/mol. The van der Waals surface area contributed by atoms with E-state index in [1.165, 1.54) is 109 Å². The number of rotatable bonds is 10. The number of fused-ring (bicyclic) bond motifs is 6. The van der Waals surface area contributed by atoms with Gasteiger partial charge in [0, 0.05) is 42.6 Å². The molecule has 1 aliphatic rings. The number of hydrogen-bond acceptors (Lipinski definition) is 2. The normalized spacial score (nSPS) is 13.1. The molecule has 0 radical (unpaired) electrons. The fourth-order valence-corrected chi connectivity index (χ4v) is 9.02. The molecule has 6 aromatic carbocycles. The van der Waals surface area contributed by atoms with E-state index in [0.29, 0.717) is 0 Å². The number of anilines is 3. The van der Waals surface area contributed by atoms with Gasteiger partial charge < -0.3 is 4.90 Å². The molecule has 1 nitrogen and oxygen atoms in total. The van der Waals surface area contributed by atoms with E-state index in [9.17, 15) is 0 Å². The van der Waals surface area contributed by atoms with Gasteiger partial charge in [-0.05, 0) is 94.8 Å². The molecule has 1 heterocycles. The number of unbranched alkanes of at least 4 members (excludes halogenated alkanes) is 2. The lowest BCUT2D eigenvalue weighted by molar-refractivity contribution is 0.414. The van der Waals surface area contributed by atoms with E-state index in [-0.39, 0.29) is 5.41 Å². The second-order valence-electron chi connectivity index (χ2n) is 13.1. The van der Waals surface area contributed by atoms with Crippen LogP contribution in [0.3, 0.4) is 0 Å². The van der Waals surface area contributed by atoms with Crippen LogP contribution in [0.5, 0.6) is 0 Å². The quantitative estimate of drug-likeness (QED) is 0.146. The van der Waals surface area contributed by atoms with Crippen molar-refractivity contribution in [2.45, 2.75) is 57.8 Å². The average Bonchev–Trinajstić information content (AvgIpc) is 3.63. The SMILES string of the molecule is CCCCC1(CCCC)c2ccccc2-c2ccc(N(c3ccc(-c4ccccc4)cc3)c3ccc4sc5ccccc5c4c3)cc21. The molecule has 0 spiro atoms. The van der Waals surface area contributed by atoms with Crippen molar-refractivity contribution in [2.75, 3.05) is 4.90 Å². The summed E-state index contributed by atoms with van der Waals surface area (Å²) >= 11 is 1.88. The molecule has 232 valence electrons. The molecule has 1 aliphatic carbocycles. The van der Waals surface area contributed by atoms with Crippen LogP contribution in [0.1, 0.15) is 63.5 Å². The minimum Gasteiger partial charge on any atom is -0.310 e. The van der Waals surface area contributed by atoms with E-state index in [1.807, 2.05) is 11.3 Å². The van der Waals surface area contributed by atoms with Crippen LogP contribution in [-0.2, 0) is 5.41 Å². The first-order valence-corrected chi connectivity index (χ1v) is 18.1. The van der Waals surface area contributed by atoms with Gasteiger partial charge in [0.05, 0.1) is 0 Å². The molecule has 0 aliphatic heterocycles. The smallest absolute Gasteiger partial charge is 0.0468 e. The van der Waals surface area contributed by atoms with Crippen LogP contribution < -0.4 is 4.90 Å². The summed E-state index contributed by atoms with van der Waals surface area (Å²) in [5.41, 5.74) is 12.0. The van der Waals surface area contributed by atoms with E-state index >= 15 is 0 Å². The Kier molecular flexibility index (Phi) is 7.91. The zero-order chi connectivity index (χ0) is 31.8. The van der Waals surface area contributed by atoms with Gasteiger partial charge in [0.25, 0.3) is 0 Å². The standard InChI is InChI=1S/C45H41NS/c1-3-5-28-45(29-6-4-2)41-18-12-10-16-37(41)38-26-24-36(31-42(38)45)46(34-22-20-33(21-23-34)32-14-8-7-9-15-32)35-25-27-44-40(30-35)39-17-11-13-19-43(39)47-44/h7-27,30-31H,3-6,28-29H2,1-2H3. The van der Waals surface area contributed by atoms with Crippen molar-refractivity contribution < 1.29 is 0 Å². The molecule has 0 saturated carbocycles. The van der Waals surface area contributed by atoms with E-state index in [4.69, 9.17) is 0 Å². The Labute approximate surface area is 283 Å². The Bertz CT molecular complexity index is 2160. The largest absolute Gasteiger partial charge is 0.310 e. The van der Waals surface area contributed by atoms with Crippen LogP contribution in [0.25, 0.3) is 42.4 Å². The minimum absolute atomic E-state index is 0.0459. The average molecular weight is 628 g/mol. The highest BCUT2D eigenvalue weighted by Crippen LogP contribution is 2.55. The third kappa shape index (κ3) is 5.16. The lowest BCUT2D eigenvalue weighted by Gasteiger charge is -2.34. The summed E-state index contributed by atoms with van der Waals surface area (Å²) < 4.78 is 2.67. The van der Waals surface area contributed by atoms with Crippen molar-refractivity contribution in [3.63, 3.8) is 0 Å². The first kappa shape index (κ1) is 29.7. The molecular weight excluding hydrogens is 587 g/mol. The molecule has 2 heteroatoms. The lowest BCUT2D eigenvalue weighted by Crippen LogP contribution is -2.25. The maximum absolute atomic E-state index is 2.54. The lowest BCUT2D eigenvalue weighted by atomic mass is 9.71. The predicted molar refractivity (Wildman–Crippen MR) is 205 cm³/mol. The fourth-order valence-electron chi connectivity index (χ4n) is 7.94. The number of hydrogen-bond donors (Lipinski definition) is 0. The Morgan fingerprint density at radius 2 is 1.09 bits per heavy atom. The molecule has 47 heavy (non-hydrogen) atoms. The molecule has 0 fully saturated rings. The molecule has 0 amide bonds. The van der Waals surface area contributed by atoms with Gasteiger partial charge in [0.2, 0.25) is 0 Å². The number of nitrogens with zero attached hydrogens (tertiary/aromatic N) is 1. The Morgan fingerprint density at radius 3 is 1.87 bits per heavy atom. The summed E-state index contributed by atoms with van der Waals surface area (Å²) in [5.74, 6) is 0. The fraction of sp³-hybridized carbons (Fsp3) is 0.200. The van der Waals surface area contributed by atoms with Crippen LogP contribution in [0.2, 0.25) is 0 Å². The van der Waals surface area contributed by atoms with Crippen molar-refractivity contribution in [1.29, 1.82) is 0 Å². The molecule has 0 unspecified atom stereocenters. The third-order valence-corrected chi connectivity index (χ3v) is 11.4. The summed E-state index contributed by atoms with van der Waals surface area (Å²) in [5, 5.41) is 2.65. The maximum atomic E-state index is 2.54. The van der Waals surface area contributed by atoms with Crippen LogP contribution in [0.15, 0.2) is 140 Å². The first-order valence-electron chi connectivity index (χ1n) is 17.3. The van der Waals surface area contributed by atoms with Gasteiger partial charge in [-0.15, -0.1) is 11.3 Å². The Balaban J connectivity index is 1.32. The van der Waals surface area contributed by atoms with Gasteiger partial charge >= 0.3 is 0 Å². The highest BCUT2D eigenvalue weighted by molar-refractivity contribution is 7.25. The van der Waals surface area contributed by atoms with Crippen molar-refractivity contribution in [3.05, 3.63) is 151 Å². The maximum Gasteiger partial charge on any atom is 0.0468 e. The molecule has 7 aromatic rings. The second kappa shape index (κ2) is 12.5. The zero-order valence-electron chi connectivity index (χ0n) is 27.4. The highest BCUT2D eigenvalue weighted by atomic mass is 32.1. The van der Waals surface area contributed by atoms with Crippen LogP contribution >= 0.6 is 11.3 Å². The van der Waals surface area contributed by atoms with Gasteiger partial charge in [-0.1, -0.05) is 131 Å². The second-order valence-corrected chi connectivity index (χ2v) is 14.2. The van der Waals surface area contributed by atoms with Gasteiger partial charge in [-0.25, -0.2) is 0 Å². The third-order valence-electron chi connectivity index (χ3n) is 10.3. The van der Waals surface area contributed by atoms with Crippen molar-refractivity contribution in [1.82, 2.24) is 0 Å². The summed E-state index contributed by atoms with van der Waals surface area (Å²) in [6.45, 7) is 4.66. The predicted octanol–water partition coefficient (Wildman–Crippen LogP) is 13.8. The summed E-state index contributed by atoms with van der Waals surface area (Å²) in [7, 11) is 0. The molecular formula is C45H41NS. The van der Waals surface area contributed by atoms with E-state index in [0.717, 1.165) is 0 Å². The summed E-state index contributed by atoms with van der Waals surface area (Å²) in [4.78, 5) is 2.48. The van der Waals surface area contributed by atoms with Crippen molar-refractivity contribution in [2.24, 2.45) is 0 Å². The number of thiophene rings is 1. The zero-order valence-corrected chi connectivity index (χ0v) is 28.2. The van der Waals surface area contributed by atoms with Gasteiger partial charge in [0.15, 0.2) is 0 Å². The topological polar surface area (TPSA) is 3.24 Å². The molecule has 0 atom stereocenters. The van der Waals surface area contributed by atoms with Crippen molar-refractivity contribution >= 4 is 48.6 Å². The molecule has 0 N–H and O–H groups in total. The van der Waals surface area contributed by atoms with Crippen LogP contribution in [0, 0.1) is 0 Å². The highest BCUT2D eigenvalue weighted by Gasteiger charge is 2.42. The van der Waals surface area contributed by atoms with E-state index < -0.39 is 0 Å². The molecule has 8 rings (SSSR count). The van der Waals surface area contributed by atoms with E-state index in [1.54, 1.807) is 0 Å². The van der Waals surface area contributed by atoms with Crippen LogP contribution in [-0.4, -0.2) is 0 Å². The first-order chi connectivity index (χ1) is 23.2. The van der Waals surface area contributed by atoms with Gasteiger partial charge in [0.1, 0.15) is 0 Å². The molecule has 1 aromatic heterocycles. The van der Waals surface area contributed by atoms with E-state index in [2.05, 4.69) is 158 Å². The number of benzene rings is 6. The molecule has 0 saturated heterocycles. The summed E-state index contributed by atoms with van der Waals surface area (Å²) in [6, 6.07) is 52.2. The van der Waals surface area contributed by atoms with Gasteiger partial charge in [-0.2, -0.15) is 0 Å². The minimum atomic E-state index is 0.0459.